The summed E-state index contributed by atoms with van der Waals surface area (Å²) in [5.74, 6) is 0.597. The molecule has 2 aromatic rings. The van der Waals surface area contributed by atoms with Crippen LogP contribution in [0, 0.1) is 13.8 Å². The van der Waals surface area contributed by atoms with Crippen molar-refractivity contribution in [1.82, 2.24) is 9.78 Å². The van der Waals surface area contributed by atoms with Gasteiger partial charge in [-0.3, -0.25) is 9.48 Å². The van der Waals surface area contributed by atoms with E-state index in [1.807, 2.05) is 38.1 Å². The number of hydrogen-bond acceptors (Lipinski definition) is 3. The molecule has 1 heterocycles. The van der Waals surface area contributed by atoms with Gasteiger partial charge in [-0.2, -0.15) is 5.10 Å². The fourth-order valence-electron chi connectivity index (χ4n) is 1.75. The van der Waals surface area contributed by atoms with Gasteiger partial charge >= 0.3 is 5.97 Å². The van der Waals surface area contributed by atoms with Gasteiger partial charge in [-0.05, 0) is 25.5 Å². The Hall–Kier alpha value is -2.30. The molecule has 0 aliphatic rings. The SMILES string of the molecule is Cc1ccccc1Oc1cnn(CCC(=O)O)c1C. The minimum Gasteiger partial charge on any atom is -0.481 e. The van der Waals surface area contributed by atoms with Crippen molar-refractivity contribution in [2.24, 2.45) is 0 Å². The first kappa shape index (κ1) is 13.1. The third-order valence-electron chi connectivity index (χ3n) is 2.91. The summed E-state index contributed by atoms with van der Waals surface area (Å²) in [5.41, 5.74) is 1.87. The molecular weight excluding hydrogens is 244 g/mol. The molecule has 0 fully saturated rings. The van der Waals surface area contributed by atoms with Gasteiger partial charge in [0.25, 0.3) is 0 Å². The number of carboxylic acid groups (broad SMARTS) is 1. The lowest BCUT2D eigenvalue weighted by Crippen LogP contribution is -2.07. The molecule has 2 rings (SSSR count). The summed E-state index contributed by atoms with van der Waals surface area (Å²) in [6.45, 7) is 4.18. The second-order valence-electron chi connectivity index (χ2n) is 4.33. The Morgan fingerprint density at radius 1 is 1.32 bits per heavy atom. The topological polar surface area (TPSA) is 64.4 Å². The number of para-hydroxylation sites is 1. The summed E-state index contributed by atoms with van der Waals surface area (Å²) in [5, 5.41) is 12.8. The van der Waals surface area contributed by atoms with Crippen molar-refractivity contribution in [2.75, 3.05) is 0 Å². The van der Waals surface area contributed by atoms with Crippen LogP contribution in [0.3, 0.4) is 0 Å². The van der Waals surface area contributed by atoms with Crippen molar-refractivity contribution < 1.29 is 14.6 Å². The zero-order valence-corrected chi connectivity index (χ0v) is 11.0. The number of rotatable bonds is 5. The van der Waals surface area contributed by atoms with E-state index < -0.39 is 5.97 Å². The third kappa shape index (κ3) is 3.13. The Bertz CT molecular complexity index is 590. The van der Waals surface area contributed by atoms with Crippen LogP contribution in [0.15, 0.2) is 30.5 Å². The Kier molecular flexibility index (Phi) is 3.85. The molecule has 0 radical (unpaired) electrons. The lowest BCUT2D eigenvalue weighted by Gasteiger charge is -2.08. The van der Waals surface area contributed by atoms with Gasteiger partial charge in [-0.15, -0.1) is 0 Å². The highest BCUT2D eigenvalue weighted by Crippen LogP contribution is 2.27. The van der Waals surface area contributed by atoms with E-state index in [9.17, 15) is 4.79 Å². The van der Waals surface area contributed by atoms with E-state index in [2.05, 4.69) is 5.10 Å². The molecule has 0 saturated carbocycles. The van der Waals surface area contributed by atoms with Gasteiger partial charge in [0.1, 0.15) is 5.75 Å². The largest absolute Gasteiger partial charge is 0.481 e. The average molecular weight is 260 g/mol. The fraction of sp³-hybridized carbons (Fsp3) is 0.286. The number of hydrogen-bond donors (Lipinski definition) is 1. The Balaban J connectivity index is 2.14. The van der Waals surface area contributed by atoms with Crippen LogP contribution in [0.25, 0.3) is 0 Å². The monoisotopic (exact) mass is 260 g/mol. The molecule has 0 spiro atoms. The number of carboxylic acids is 1. The number of carbonyl (C=O) groups is 1. The van der Waals surface area contributed by atoms with Crippen molar-refractivity contribution >= 4 is 5.97 Å². The molecule has 0 aliphatic carbocycles. The second-order valence-corrected chi connectivity index (χ2v) is 4.33. The van der Waals surface area contributed by atoms with Crippen molar-refractivity contribution in [3.05, 3.63) is 41.7 Å². The highest BCUT2D eigenvalue weighted by Gasteiger charge is 2.10. The molecule has 1 aromatic heterocycles. The van der Waals surface area contributed by atoms with Crippen molar-refractivity contribution in [1.29, 1.82) is 0 Å². The van der Waals surface area contributed by atoms with E-state index in [4.69, 9.17) is 9.84 Å². The number of ether oxygens (including phenoxy) is 1. The van der Waals surface area contributed by atoms with Gasteiger partial charge in [0, 0.05) is 0 Å². The number of nitrogens with zero attached hydrogens (tertiary/aromatic N) is 2. The Labute approximate surface area is 111 Å². The number of aryl methyl sites for hydroxylation is 2. The molecule has 1 N–H and O–H groups in total. The molecular formula is C14H16N2O3. The van der Waals surface area contributed by atoms with Crippen molar-refractivity contribution in [2.45, 2.75) is 26.8 Å². The van der Waals surface area contributed by atoms with Gasteiger partial charge in [0.15, 0.2) is 5.75 Å². The molecule has 100 valence electrons. The molecule has 5 nitrogen and oxygen atoms in total. The van der Waals surface area contributed by atoms with Crippen LogP contribution in [-0.2, 0) is 11.3 Å². The summed E-state index contributed by atoms with van der Waals surface area (Å²) in [6.07, 6.45) is 1.66. The maximum Gasteiger partial charge on any atom is 0.305 e. The molecule has 0 atom stereocenters. The van der Waals surface area contributed by atoms with Gasteiger partial charge in [-0.25, -0.2) is 0 Å². The molecule has 19 heavy (non-hydrogen) atoms. The van der Waals surface area contributed by atoms with Crippen LogP contribution >= 0.6 is 0 Å². The lowest BCUT2D eigenvalue weighted by molar-refractivity contribution is -0.137. The van der Waals surface area contributed by atoms with Crippen molar-refractivity contribution in [3.63, 3.8) is 0 Å². The molecule has 0 aliphatic heterocycles. The molecule has 0 unspecified atom stereocenters. The Morgan fingerprint density at radius 3 is 2.74 bits per heavy atom. The van der Waals surface area contributed by atoms with E-state index in [0.717, 1.165) is 17.0 Å². The summed E-state index contributed by atoms with van der Waals surface area (Å²) in [4.78, 5) is 10.6. The van der Waals surface area contributed by atoms with Crippen LogP contribution in [0.1, 0.15) is 17.7 Å². The van der Waals surface area contributed by atoms with Crippen LogP contribution in [-0.4, -0.2) is 20.9 Å². The first-order valence-electron chi connectivity index (χ1n) is 6.05. The Morgan fingerprint density at radius 2 is 2.05 bits per heavy atom. The molecule has 0 amide bonds. The van der Waals surface area contributed by atoms with Gasteiger partial charge < -0.3 is 9.84 Å². The summed E-state index contributed by atoms with van der Waals surface area (Å²) in [6, 6.07) is 7.72. The zero-order valence-electron chi connectivity index (χ0n) is 11.0. The zero-order chi connectivity index (χ0) is 13.8. The van der Waals surface area contributed by atoms with Crippen LogP contribution < -0.4 is 4.74 Å². The third-order valence-corrected chi connectivity index (χ3v) is 2.91. The summed E-state index contributed by atoms with van der Waals surface area (Å²) >= 11 is 0. The highest BCUT2D eigenvalue weighted by atomic mass is 16.5. The van der Waals surface area contributed by atoms with E-state index in [0.29, 0.717) is 12.3 Å². The summed E-state index contributed by atoms with van der Waals surface area (Å²) < 4.78 is 7.44. The first-order chi connectivity index (χ1) is 9.08. The van der Waals surface area contributed by atoms with Gasteiger partial charge in [0.05, 0.1) is 24.9 Å². The average Bonchev–Trinajstić information content (AvgIpc) is 2.71. The highest BCUT2D eigenvalue weighted by molar-refractivity contribution is 5.66. The maximum absolute atomic E-state index is 10.6. The minimum atomic E-state index is -0.837. The van der Waals surface area contributed by atoms with Crippen LogP contribution in [0.5, 0.6) is 11.5 Å². The second kappa shape index (κ2) is 5.56. The fourth-order valence-corrected chi connectivity index (χ4v) is 1.75. The molecule has 5 heteroatoms. The van der Waals surface area contributed by atoms with Crippen molar-refractivity contribution in [3.8, 4) is 11.5 Å². The normalized spacial score (nSPS) is 10.4. The van der Waals surface area contributed by atoms with Crippen LogP contribution in [0.2, 0.25) is 0 Å². The maximum atomic E-state index is 10.6. The van der Waals surface area contributed by atoms with E-state index in [1.54, 1.807) is 10.9 Å². The van der Waals surface area contributed by atoms with E-state index >= 15 is 0 Å². The van der Waals surface area contributed by atoms with Gasteiger partial charge in [0.2, 0.25) is 0 Å². The first-order valence-corrected chi connectivity index (χ1v) is 6.05. The smallest absolute Gasteiger partial charge is 0.305 e. The minimum absolute atomic E-state index is 0.0479. The quantitative estimate of drug-likeness (QED) is 0.897. The van der Waals surface area contributed by atoms with E-state index in [-0.39, 0.29) is 6.42 Å². The number of benzene rings is 1. The van der Waals surface area contributed by atoms with Gasteiger partial charge in [-0.1, -0.05) is 18.2 Å². The molecule has 1 aromatic carbocycles. The predicted molar refractivity (Wildman–Crippen MR) is 70.5 cm³/mol. The number of aromatic nitrogens is 2. The molecule has 0 bridgehead atoms. The lowest BCUT2D eigenvalue weighted by atomic mass is 10.2. The molecule has 0 saturated heterocycles. The number of aliphatic carboxylic acids is 1. The standard InChI is InChI=1S/C14H16N2O3/c1-10-5-3-4-6-12(10)19-13-9-15-16(11(13)2)8-7-14(17)18/h3-6,9H,7-8H2,1-2H3,(H,17,18). The van der Waals surface area contributed by atoms with E-state index in [1.165, 1.54) is 0 Å². The summed E-state index contributed by atoms with van der Waals surface area (Å²) in [7, 11) is 0. The van der Waals surface area contributed by atoms with Crippen LogP contribution in [0.4, 0.5) is 0 Å². The predicted octanol–water partition coefficient (Wildman–Crippen LogP) is 2.77.